The maximum Gasteiger partial charge on any atom is 0.241 e. The quantitative estimate of drug-likeness (QED) is 0.687. The van der Waals surface area contributed by atoms with E-state index in [4.69, 9.17) is 28.9 Å². The monoisotopic (exact) mass is 373 g/mol. The van der Waals surface area contributed by atoms with E-state index in [1.165, 1.54) is 11.1 Å². The van der Waals surface area contributed by atoms with Gasteiger partial charge in [0.15, 0.2) is 0 Å². The normalized spacial score (nSPS) is 19.3. The van der Waals surface area contributed by atoms with Crippen LogP contribution in [0.25, 0.3) is 0 Å². The van der Waals surface area contributed by atoms with Crippen LogP contribution in [-0.2, 0) is 0 Å². The van der Waals surface area contributed by atoms with Crippen molar-refractivity contribution in [1.29, 1.82) is 0 Å². The van der Waals surface area contributed by atoms with Gasteiger partial charge in [0.2, 0.25) is 11.9 Å². The Kier molecular flexibility index (Phi) is 4.06. The Balaban J connectivity index is 1.77. The van der Waals surface area contributed by atoms with E-state index in [1.807, 2.05) is 22.9 Å². The number of hydrogen-bond acceptors (Lipinski definition) is 4. The first-order chi connectivity index (χ1) is 12.0. The van der Waals surface area contributed by atoms with E-state index >= 15 is 0 Å². The van der Waals surface area contributed by atoms with E-state index in [9.17, 15) is 0 Å². The van der Waals surface area contributed by atoms with Crippen molar-refractivity contribution in [3.8, 4) is 0 Å². The van der Waals surface area contributed by atoms with E-state index in [0.29, 0.717) is 16.0 Å². The van der Waals surface area contributed by atoms with Gasteiger partial charge in [-0.2, -0.15) is 4.98 Å². The first-order valence-electron chi connectivity index (χ1n) is 8.01. The molecule has 0 saturated heterocycles. The lowest BCUT2D eigenvalue weighted by atomic mass is 9.93. The molecule has 0 amide bonds. The molecular formula is C18H17Cl2N5. The highest BCUT2D eigenvalue weighted by molar-refractivity contribution is 6.42. The molecule has 0 radical (unpaired) electrons. The average molecular weight is 374 g/mol. The highest BCUT2D eigenvalue weighted by Crippen LogP contribution is 2.39. The highest BCUT2D eigenvalue weighted by atomic mass is 35.5. The summed E-state index contributed by atoms with van der Waals surface area (Å²) >= 11 is 12.2. The second-order valence-electron chi connectivity index (χ2n) is 6.27. The molecule has 0 saturated carbocycles. The van der Waals surface area contributed by atoms with Crippen LogP contribution in [0, 0.1) is 6.92 Å². The van der Waals surface area contributed by atoms with Gasteiger partial charge in [-0.25, -0.2) is 4.68 Å². The Hall–Kier alpha value is -2.24. The molecule has 0 aliphatic carbocycles. The third-order valence-electron chi connectivity index (χ3n) is 4.48. The lowest BCUT2D eigenvalue weighted by molar-refractivity contribution is 0.431. The smallest absolute Gasteiger partial charge is 0.241 e. The van der Waals surface area contributed by atoms with Crippen LogP contribution in [0.4, 0.5) is 11.9 Å². The fourth-order valence-corrected chi connectivity index (χ4v) is 3.60. The molecule has 3 N–H and O–H groups in total. The second kappa shape index (κ2) is 6.24. The number of nitrogens with one attached hydrogen (secondary N) is 1. The van der Waals surface area contributed by atoms with Crippen LogP contribution in [0.1, 0.15) is 35.2 Å². The molecule has 1 aromatic heterocycles. The van der Waals surface area contributed by atoms with Gasteiger partial charge in [0, 0.05) is 0 Å². The SMILES string of the molecule is Cc1cccc(C2CC(c3ccc(Cl)c(Cl)c3)Nc3nc(N)nn32)c1. The number of aromatic nitrogens is 3. The van der Waals surface area contributed by atoms with Crippen LogP contribution < -0.4 is 11.1 Å². The van der Waals surface area contributed by atoms with E-state index in [2.05, 4.69) is 46.6 Å². The average Bonchev–Trinajstić information content (AvgIpc) is 2.96. The summed E-state index contributed by atoms with van der Waals surface area (Å²) in [5.41, 5.74) is 9.27. The summed E-state index contributed by atoms with van der Waals surface area (Å²) in [6, 6.07) is 14.2. The van der Waals surface area contributed by atoms with Crippen LogP contribution in [0.15, 0.2) is 42.5 Å². The van der Waals surface area contributed by atoms with Crippen molar-refractivity contribution < 1.29 is 0 Å². The fourth-order valence-electron chi connectivity index (χ4n) is 3.30. The maximum absolute atomic E-state index is 6.20. The Morgan fingerprint density at radius 1 is 1.12 bits per heavy atom. The van der Waals surface area contributed by atoms with Gasteiger partial charge in [-0.3, -0.25) is 0 Å². The van der Waals surface area contributed by atoms with Crippen LogP contribution >= 0.6 is 23.2 Å². The first-order valence-corrected chi connectivity index (χ1v) is 8.77. The molecule has 25 heavy (non-hydrogen) atoms. The number of anilines is 2. The summed E-state index contributed by atoms with van der Waals surface area (Å²) in [6.07, 6.45) is 0.803. The molecule has 1 aliphatic heterocycles. The molecule has 0 bridgehead atoms. The van der Waals surface area contributed by atoms with E-state index in [0.717, 1.165) is 12.0 Å². The molecule has 1 aliphatic rings. The second-order valence-corrected chi connectivity index (χ2v) is 7.09. The molecule has 3 aromatic rings. The Labute approximate surface area is 155 Å². The van der Waals surface area contributed by atoms with Crippen molar-refractivity contribution in [3.63, 3.8) is 0 Å². The van der Waals surface area contributed by atoms with E-state index in [1.54, 1.807) is 0 Å². The predicted octanol–water partition coefficient (Wildman–Crippen LogP) is 4.62. The molecule has 2 aromatic carbocycles. The van der Waals surface area contributed by atoms with Crippen LogP contribution in [-0.4, -0.2) is 14.8 Å². The number of nitrogens with zero attached hydrogens (tertiary/aromatic N) is 3. The van der Waals surface area contributed by atoms with Gasteiger partial charge in [-0.1, -0.05) is 59.1 Å². The van der Waals surface area contributed by atoms with Gasteiger partial charge >= 0.3 is 0 Å². The molecule has 2 heterocycles. The zero-order chi connectivity index (χ0) is 17.6. The standard InChI is InChI=1S/C18H17Cl2N5/c1-10-3-2-4-12(7-10)16-9-15(11-5-6-13(19)14(20)8-11)22-18-23-17(21)24-25(16)18/h2-8,15-16H,9H2,1H3,(H3,21,22,23,24). The van der Waals surface area contributed by atoms with Crippen molar-refractivity contribution in [2.24, 2.45) is 0 Å². The van der Waals surface area contributed by atoms with Gasteiger partial charge in [0.25, 0.3) is 0 Å². The fraction of sp³-hybridized carbons (Fsp3) is 0.222. The minimum atomic E-state index is 0.0383. The van der Waals surface area contributed by atoms with Crippen molar-refractivity contribution in [2.75, 3.05) is 11.1 Å². The molecule has 2 atom stereocenters. The van der Waals surface area contributed by atoms with Crippen molar-refractivity contribution in [1.82, 2.24) is 14.8 Å². The largest absolute Gasteiger partial charge is 0.366 e. The third-order valence-corrected chi connectivity index (χ3v) is 5.22. The summed E-state index contributed by atoms with van der Waals surface area (Å²) in [5, 5.41) is 8.86. The topological polar surface area (TPSA) is 68.8 Å². The Bertz CT molecular complexity index is 937. The van der Waals surface area contributed by atoms with Crippen molar-refractivity contribution >= 4 is 35.1 Å². The number of benzene rings is 2. The third kappa shape index (κ3) is 3.05. The number of nitrogen functional groups attached to an aromatic ring is 1. The lowest BCUT2D eigenvalue weighted by Crippen LogP contribution is -2.28. The van der Waals surface area contributed by atoms with E-state index in [-0.39, 0.29) is 18.0 Å². The van der Waals surface area contributed by atoms with Gasteiger partial charge in [-0.05, 0) is 36.6 Å². The number of hydrogen-bond donors (Lipinski definition) is 2. The number of aryl methyl sites for hydroxylation is 1. The summed E-state index contributed by atoms with van der Waals surface area (Å²) in [6.45, 7) is 2.08. The summed E-state index contributed by atoms with van der Waals surface area (Å²) in [7, 11) is 0. The van der Waals surface area contributed by atoms with E-state index < -0.39 is 0 Å². The molecule has 128 valence electrons. The Morgan fingerprint density at radius 2 is 1.96 bits per heavy atom. The molecule has 0 spiro atoms. The molecule has 2 unspecified atom stereocenters. The predicted molar refractivity (Wildman–Crippen MR) is 101 cm³/mol. The zero-order valence-electron chi connectivity index (χ0n) is 13.6. The summed E-state index contributed by atoms with van der Waals surface area (Å²) < 4.78 is 1.86. The molecular weight excluding hydrogens is 357 g/mol. The van der Waals surface area contributed by atoms with Crippen LogP contribution in [0.3, 0.4) is 0 Å². The van der Waals surface area contributed by atoms with Gasteiger partial charge in [0.05, 0.1) is 22.1 Å². The zero-order valence-corrected chi connectivity index (χ0v) is 15.1. The Morgan fingerprint density at radius 3 is 2.72 bits per heavy atom. The molecule has 5 nitrogen and oxygen atoms in total. The minimum Gasteiger partial charge on any atom is -0.366 e. The van der Waals surface area contributed by atoms with Crippen molar-refractivity contribution in [2.45, 2.75) is 25.4 Å². The van der Waals surface area contributed by atoms with Gasteiger partial charge in [0.1, 0.15) is 0 Å². The maximum atomic E-state index is 6.20. The number of nitrogens with two attached hydrogens (primary N) is 1. The van der Waals surface area contributed by atoms with Gasteiger partial charge in [-0.15, -0.1) is 5.10 Å². The number of fused-ring (bicyclic) bond motifs is 1. The number of rotatable bonds is 2. The highest BCUT2D eigenvalue weighted by Gasteiger charge is 2.31. The summed E-state index contributed by atoms with van der Waals surface area (Å²) in [4.78, 5) is 4.32. The number of halogens is 2. The van der Waals surface area contributed by atoms with Crippen LogP contribution in [0.5, 0.6) is 0 Å². The van der Waals surface area contributed by atoms with Gasteiger partial charge < -0.3 is 11.1 Å². The lowest BCUT2D eigenvalue weighted by Gasteiger charge is -2.32. The minimum absolute atomic E-state index is 0.0383. The van der Waals surface area contributed by atoms with Crippen molar-refractivity contribution in [3.05, 3.63) is 69.2 Å². The molecule has 7 heteroatoms. The molecule has 0 fully saturated rings. The molecule has 4 rings (SSSR count). The first kappa shape index (κ1) is 16.2. The van der Waals surface area contributed by atoms with Crippen LogP contribution in [0.2, 0.25) is 10.0 Å². The summed E-state index contributed by atoms with van der Waals surface area (Å²) in [5.74, 6) is 0.918.